The van der Waals surface area contributed by atoms with Gasteiger partial charge in [0.2, 0.25) is 0 Å². The molecule has 0 saturated carbocycles. The maximum Gasteiger partial charge on any atom is 0.145 e. The van der Waals surface area contributed by atoms with Gasteiger partial charge in [0.25, 0.3) is 0 Å². The molecule has 7 heteroatoms. The molecule has 0 aliphatic carbocycles. The molecule has 0 amide bonds. The Morgan fingerprint density at radius 3 is 2.80 bits per heavy atom. The lowest BCUT2D eigenvalue weighted by Crippen LogP contribution is -2.39. The second-order valence-corrected chi connectivity index (χ2v) is 3.41. The highest BCUT2D eigenvalue weighted by molar-refractivity contribution is 6.30. The molecule has 0 aliphatic rings. The van der Waals surface area contributed by atoms with Crippen LogP contribution < -0.4 is 5.73 Å². The summed E-state index contributed by atoms with van der Waals surface area (Å²) < 4.78 is 12.9. The summed E-state index contributed by atoms with van der Waals surface area (Å²) in [6, 6.07) is 3.41. The van der Waals surface area contributed by atoms with Gasteiger partial charge in [-0.2, -0.15) is 0 Å². The van der Waals surface area contributed by atoms with Crippen molar-refractivity contribution in [2.75, 3.05) is 6.54 Å². The van der Waals surface area contributed by atoms with Crippen LogP contribution in [0.5, 0.6) is 0 Å². The van der Waals surface area contributed by atoms with Crippen LogP contribution in [-0.2, 0) is 5.72 Å². The van der Waals surface area contributed by atoms with Crippen molar-refractivity contribution in [3.8, 4) is 0 Å². The Morgan fingerprint density at radius 2 is 2.27 bits per heavy atom. The SMILES string of the molecule is [N-]=[N+]=NC[C@@](N)(O)c1cc(F)cc(Cl)c1. The summed E-state index contributed by atoms with van der Waals surface area (Å²) >= 11 is 5.58. The molecule has 0 saturated heterocycles. The molecule has 0 bridgehead atoms. The third-order valence-corrected chi connectivity index (χ3v) is 1.96. The Kier molecular flexibility index (Phi) is 3.49. The van der Waals surface area contributed by atoms with E-state index >= 15 is 0 Å². The maximum atomic E-state index is 12.9. The molecular formula is C8H8ClFN4O. The zero-order valence-corrected chi connectivity index (χ0v) is 8.32. The Hall–Kier alpha value is -1.33. The molecular weight excluding hydrogens is 223 g/mol. The first kappa shape index (κ1) is 11.7. The number of hydrogen-bond acceptors (Lipinski definition) is 3. The number of aliphatic hydroxyl groups is 1. The lowest BCUT2D eigenvalue weighted by atomic mass is 10.0. The van der Waals surface area contributed by atoms with Crippen molar-refractivity contribution in [2.45, 2.75) is 5.72 Å². The fourth-order valence-electron chi connectivity index (χ4n) is 1.03. The summed E-state index contributed by atoms with van der Waals surface area (Å²) in [5.74, 6) is -0.623. The first-order chi connectivity index (χ1) is 6.95. The molecule has 0 aromatic heterocycles. The van der Waals surface area contributed by atoms with Gasteiger partial charge in [0, 0.05) is 15.5 Å². The van der Waals surface area contributed by atoms with E-state index < -0.39 is 18.1 Å². The number of nitrogens with two attached hydrogens (primary N) is 1. The zero-order valence-electron chi connectivity index (χ0n) is 7.56. The number of halogens is 2. The molecule has 0 radical (unpaired) electrons. The van der Waals surface area contributed by atoms with Gasteiger partial charge in [-0.05, 0) is 23.7 Å². The fourth-order valence-corrected chi connectivity index (χ4v) is 1.26. The van der Waals surface area contributed by atoms with Gasteiger partial charge in [0.05, 0.1) is 6.54 Å². The smallest absolute Gasteiger partial charge is 0.145 e. The monoisotopic (exact) mass is 230 g/mol. The number of rotatable bonds is 3. The molecule has 0 aliphatic heterocycles. The van der Waals surface area contributed by atoms with Gasteiger partial charge >= 0.3 is 0 Å². The Labute approximate surface area is 89.9 Å². The molecule has 5 nitrogen and oxygen atoms in total. The fraction of sp³-hybridized carbons (Fsp3) is 0.250. The average Bonchev–Trinajstić information content (AvgIpc) is 2.13. The molecule has 0 spiro atoms. The van der Waals surface area contributed by atoms with Gasteiger partial charge in [0.1, 0.15) is 11.5 Å². The number of benzene rings is 1. The second kappa shape index (κ2) is 4.46. The molecule has 1 atom stereocenters. The summed E-state index contributed by atoms with van der Waals surface area (Å²) in [4.78, 5) is 2.45. The summed E-state index contributed by atoms with van der Waals surface area (Å²) in [6.45, 7) is -0.400. The van der Waals surface area contributed by atoms with Crippen LogP contribution in [0.1, 0.15) is 5.56 Å². The first-order valence-corrected chi connectivity index (χ1v) is 4.32. The zero-order chi connectivity index (χ0) is 11.5. The van der Waals surface area contributed by atoms with Crippen LogP contribution in [0.4, 0.5) is 4.39 Å². The highest BCUT2D eigenvalue weighted by Crippen LogP contribution is 2.21. The molecule has 0 fully saturated rings. The van der Waals surface area contributed by atoms with Crippen LogP contribution in [0.15, 0.2) is 23.3 Å². The number of hydrogen-bond donors (Lipinski definition) is 2. The van der Waals surface area contributed by atoms with Gasteiger partial charge in [-0.25, -0.2) is 4.39 Å². The standard InChI is InChI=1S/C8H8ClFN4O/c9-6-1-5(2-7(10)3-6)8(11,15)4-13-14-12/h1-3,15H,4,11H2/t8-/m1/s1. The quantitative estimate of drug-likeness (QED) is 0.359. The van der Waals surface area contributed by atoms with E-state index in [-0.39, 0.29) is 10.6 Å². The molecule has 1 aromatic rings. The molecule has 1 aromatic carbocycles. The predicted octanol–water partition coefficient (Wildman–Crippen LogP) is 1.89. The van der Waals surface area contributed by atoms with Crippen LogP contribution in [0, 0.1) is 5.82 Å². The van der Waals surface area contributed by atoms with E-state index in [1.54, 1.807) is 0 Å². The van der Waals surface area contributed by atoms with E-state index in [4.69, 9.17) is 22.9 Å². The Bertz CT molecular complexity index is 397. The van der Waals surface area contributed by atoms with Crippen molar-refractivity contribution >= 4 is 11.6 Å². The number of azide groups is 1. The highest BCUT2D eigenvalue weighted by atomic mass is 35.5. The van der Waals surface area contributed by atoms with Crippen LogP contribution in [0.3, 0.4) is 0 Å². The second-order valence-electron chi connectivity index (χ2n) is 2.97. The minimum Gasteiger partial charge on any atom is -0.372 e. The van der Waals surface area contributed by atoms with Crippen molar-refractivity contribution in [1.29, 1.82) is 0 Å². The van der Waals surface area contributed by atoms with Crippen LogP contribution in [-0.4, -0.2) is 11.7 Å². The highest BCUT2D eigenvalue weighted by Gasteiger charge is 2.23. The Morgan fingerprint density at radius 1 is 1.60 bits per heavy atom. The molecule has 0 unspecified atom stereocenters. The lowest BCUT2D eigenvalue weighted by Gasteiger charge is -2.21. The molecule has 0 heterocycles. The van der Waals surface area contributed by atoms with Gasteiger partial charge < -0.3 is 5.11 Å². The summed E-state index contributed by atoms with van der Waals surface area (Å²) in [5, 5.41) is 12.9. The van der Waals surface area contributed by atoms with Gasteiger partial charge in [-0.1, -0.05) is 16.7 Å². The molecule has 80 valence electrons. The van der Waals surface area contributed by atoms with Crippen molar-refractivity contribution in [3.63, 3.8) is 0 Å². The van der Waals surface area contributed by atoms with E-state index in [0.29, 0.717) is 0 Å². The van der Waals surface area contributed by atoms with Crippen LogP contribution >= 0.6 is 11.6 Å². The van der Waals surface area contributed by atoms with E-state index in [1.165, 1.54) is 6.07 Å². The summed E-state index contributed by atoms with van der Waals surface area (Å²) in [7, 11) is 0. The summed E-state index contributed by atoms with van der Waals surface area (Å²) in [6.07, 6.45) is 0. The number of nitrogens with zero attached hydrogens (tertiary/aromatic N) is 3. The molecule has 1 rings (SSSR count). The topological polar surface area (TPSA) is 95.0 Å². The average molecular weight is 231 g/mol. The van der Waals surface area contributed by atoms with Crippen LogP contribution in [0.2, 0.25) is 5.02 Å². The minimum atomic E-state index is -1.92. The van der Waals surface area contributed by atoms with E-state index in [0.717, 1.165) is 12.1 Å². The predicted molar refractivity (Wildman–Crippen MR) is 53.5 cm³/mol. The molecule has 3 N–H and O–H groups in total. The maximum absolute atomic E-state index is 12.9. The third-order valence-electron chi connectivity index (χ3n) is 1.74. The van der Waals surface area contributed by atoms with Crippen molar-refractivity contribution in [2.24, 2.45) is 10.8 Å². The van der Waals surface area contributed by atoms with Gasteiger partial charge in [-0.15, -0.1) is 0 Å². The van der Waals surface area contributed by atoms with Crippen molar-refractivity contribution in [3.05, 3.63) is 45.0 Å². The lowest BCUT2D eigenvalue weighted by molar-refractivity contribution is 0.0529. The Balaban J connectivity index is 3.08. The van der Waals surface area contributed by atoms with E-state index in [2.05, 4.69) is 10.0 Å². The van der Waals surface area contributed by atoms with Crippen LogP contribution in [0.25, 0.3) is 10.4 Å². The van der Waals surface area contributed by atoms with Gasteiger partial charge in [-0.3, -0.25) is 5.73 Å². The summed E-state index contributed by atoms with van der Waals surface area (Å²) in [5.41, 5.74) is 11.6. The van der Waals surface area contributed by atoms with E-state index in [1.807, 2.05) is 0 Å². The first-order valence-electron chi connectivity index (χ1n) is 3.94. The largest absolute Gasteiger partial charge is 0.372 e. The van der Waals surface area contributed by atoms with Crippen molar-refractivity contribution < 1.29 is 9.50 Å². The van der Waals surface area contributed by atoms with Crippen molar-refractivity contribution in [1.82, 2.24) is 0 Å². The minimum absolute atomic E-state index is 0.0555. The molecule has 15 heavy (non-hydrogen) atoms. The van der Waals surface area contributed by atoms with E-state index in [9.17, 15) is 9.50 Å². The normalized spacial score (nSPS) is 14.1. The van der Waals surface area contributed by atoms with Gasteiger partial charge in [0.15, 0.2) is 0 Å². The third kappa shape index (κ3) is 3.07.